The molecular weight excluding hydrogens is 216 g/mol. The first-order valence-electron chi connectivity index (χ1n) is 5.26. The fourth-order valence-corrected chi connectivity index (χ4v) is 1.42. The summed E-state index contributed by atoms with van der Waals surface area (Å²) in [6.45, 7) is 4.32. The van der Waals surface area contributed by atoms with Crippen LogP contribution in [0.25, 0.3) is 0 Å². The predicted octanol–water partition coefficient (Wildman–Crippen LogP) is 1.08. The number of hydrogen-bond donors (Lipinski definition) is 2. The van der Waals surface area contributed by atoms with E-state index < -0.39 is 0 Å². The number of nitrogens with one attached hydrogen (secondary N) is 1. The zero-order valence-corrected chi connectivity index (χ0v) is 9.81. The summed E-state index contributed by atoms with van der Waals surface area (Å²) in [7, 11) is 0. The lowest BCUT2D eigenvalue weighted by atomic mass is 10.3. The maximum atomic E-state index is 5.70. The highest BCUT2D eigenvalue weighted by Crippen LogP contribution is 2.15. The van der Waals surface area contributed by atoms with Gasteiger partial charge in [-0.15, -0.1) is 0 Å². The van der Waals surface area contributed by atoms with E-state index >= 15 is 0 Å². The second-order valence-corrected chi connectivity index (χ2v) is 3.68. The molecule has 0 saturated carbocycles. The monoisotopic (exact) mass is 230 g/mol. The van der Waals surface area contributed by atoms with Crippen LogP contribution in [0.15, 0.2) is 18.6 Å². The van der Waals surface area contributed by atoms with Crippen molar-refractivity contribution in [2.24, 2.45) is 0 Å². The molecule has 6 heteroatoms. The summed E-state index contributed by atoms with van der Waals surface area (Å²) in [6, 6.07) is 1.86. The summed E-state index contributed by atoms with van der Waals surface area (Å²) in [5, 5.41) is 3.18. The van der Waals surface area contributed by atoms with Gasteiger partial charge in [0.1, 0.15) is 23.8 Å². The first-order valence-corrected chi connectivity index (χ1v) is 5.26. The zero-order chi connectivity index (χ0) is 12.3. The molecule has 0 aliphatic rings. The summed E-state index contributed by atoms with van der Waals surface area (Å²) >= 11 is 0. The topological polar surface area (TPSA) is 89.6 Å². The van der Waals surface area contributed by atoms with E-state index in [9.17, 15) is 0 Å². The molecule has 2 aromatic heterocycles. The van der Waals surface area contributed by atoms with Crippen LogP contribution in [0.5, 0.6) is 0 Å². The zero-order valence-electron chi connectivity index (χ0n) is 9.81. The lowest BCUT2D eigenvalue weighted by molar-refractivity contribution is 0.945. The SMILES string of the molecule is Cc1nccc(CNc2ncnc(N)c2C)n1. The van der Waals surface area contributed by atoms with Crippen LogP contribution in [0.4, 0.5) is 11.6 Å². The van der Waals surface area contributed by atoms with Crippen LogP contribution in [0.3, 0.4) is 0 Å². The minimum atomic E-state index is 0.487. The van der Waals surface area contributed by atoms with Gasteiger partial charge in [-0.05, 0) is 19.9 Å². The Balaban J connectivity index is 2.10. The van der Waals surface area contributed by atoms with Crippen molar-refractivity contribution in [2.75, 3.05) is 11.1 Å². The molecule has 0 aliphatic carbocycles. The van der Waals surface area contributed by atoms with Crippen molar-refractivity contribution in [3.8, 4) is 0 Å². The van der Waals surface area contributed by atoms with Gasteiger partial charge in [0.05, 0.1) is 12.2 Å². The van der Waals surface area contributed by atoms with Gasteiger partial charge in [0, 0.05) is 11.8 Å². The van der Waals surface area contributed by atoms with Crippen LogP contribution in [-0.2, 0) is 6.54 Å². The summed E-state index contributed by atoms with van der Waals surface area (Å²) < 4.78 is 0. The van der Waals surface area contributed by atoms with Gasteiger partial charge in [0.2, 0.25) is 0 Å². The summed E-state index contributed by atoms with van der Waals surface area (Å²) in [4.78, 5) is 16.4. The predicted molar refractivity (Wildman–Crippen MR) is 65.3 cm³/mol. The van der Waals surface area contributed by atoms with Crippen molar-refractivity contribution >= 4 is 11.6 Å². The van der Waals surface area contributed by atoms with E-state index in [1.807, 2.05) is 19.9 Å². The first-order chi connectivity index (χ1) is 8.16. The molecule has 2 aromatic rings. The van der Waals surface area contributed by atoms with Gasteiger partial charge >= 0.3 is 0 Å². The smallest absolute Gasteiger partial charge is 0.134 e. The lowest BCUT2D eigenvalue weighted by Crippen LogP contribution is -2.07. The van der Waals surface area contributed by atoms with Gasteiger partial charge in [-0.25, -0.2) is 19.9 Å². The normalized spacial score (nSPS) is 10.2. The number of aryl methyl sites for hydroxylation is 1. The number of rotatable bonds is 3. The molecule has 0 amide bonds. The van der Waals surface area contributed by atoms with E-state index in [4.69, 9.17) is 5.73 Å². The Kier molecular flexibility index (Phi) is 3.13. The maximum absolute atomic E-state index is 5.70. The molecule has 0 bridgehead atoms. The second kappa shape index (κ2) is 4.73. The Morgan fingerprint density at radius 1 is 1.24 bits per heavy atom. The van der Waals surface area contributed by atoms with E-state index in [-0.39, 0.29) is 0 Å². The van der Waals surface area contributed by atoms with Crippen molar-refractivity contribution in [1.29, 1.82) is 0 Å². The average Bonchev–Trinajstić information content (AvgIpc) is 2.31. The molecule has 0 unspecified atom stereocenters. The third-order valence-corrected chi connectivity index (χ3v) is 2.39. The van der Waals surface area contributed by atoms with E-state index in [1.165, 1.54) is 6.33 Å². The summed E-state index contributed by atoms with van der Waals surface area (Å²) in [5.74, 6) is 1.97. The highest BCUT2D eigenvalue weighted by molar-refractivity contribution is 5.53. The summed E-state index contributed by atoms with van der Waals surface area (Å²) in [5.41, 5.74) is 7.45. The highest BCUT2D eigenvalue weighted by atomic mass is 15.0. The Morgan fingerprint density at radius 3 is 2.82 bits per heavy atom. The van der Waals surface area contributed by atoms with E-state index in [2.05, 4.69) is 25.3 Å². The molecule has 17 heavy (non-hydrogen) atoms. The van der Waals surface area contributed by atoms with Crippen molar-refractivity contribution < 1.29 is 0 Å². The number of hydrogen-bond acceptors (Lipinski definition) is 6. The number of nitrogens with zero attached hydrogens (tertiary/aromatic N) is 4. The fourth-order valence-electron chi connectivity index (χ4n) is 1.42. The molecule has 0 spiro atoms. The summed E-state index contributed by atoms with van der Waals surface area (Å²) in [6.07, 6.45) is 3.18. The van der Waals surface area contributed by atoms with Crippen molar-refractivity contribution in [1.82, 2.24) is 19.9 Å². The van der Waals surface area contributed by atoms with E-state index in [1.54, 1.807) is 6.20 Å². The second-order valence-electron chi connectivity index (χ2n) is 3.68. The van der Waals surface area contributed by atoms with Gasteiger partial charge in [0.15, 0.2) is 0 Å². The molecule has 2 heterocycles. The minimum Gasteiger partial charge on any atom is -0.383 e. The third kappa shape index (κ3) is 2.66. The Morgan fingerprint density at radius 2 is 2.06 bits per heavy atom. The number of nitrogen functional groups attached to an aromatic ring is 1. The van der Waals surface area contributed by atoms with E-state index in [0.717, 1.165) is 22.9 Å². The Hall–Kier alpha value is -2.24. The van der Waals surface area contributed by atoms with E-state index in [0.29, 0.717) is 12.4 Å². The highest BCUT2D eigenvalue weighted by Gasteiger charge is 2.04. The Bertz CT molecular complexity index is 525. The van der Waals surface area contributed by atoms with Gasteiger partial charge in [0.25, 0.3) is 0 Å². The standard InChI is InChI=1S/C11H14N6/c1-7-10(12)15-6-16-11(7)14-5-9-3-4-13-8(2)17-9/h3-4,6H,5H2,1-2H3,(H3,12,14,15,16). The molecule has 88 valence electrons. The van der Waals surface area contributed by atoms with Crippen molar-refractivity contribution in [3.63, 3.8) is 0 Å². The molecule has 0 atom stereocenters. The van der Waals surface area contributed by atoms with Crippen LogP contribution in [-0.4, -0.2) is 19.9 Å². The van der Waals surface area contributed by atoms with Crippen LogP contribution < -0.4 is 11.1 Å². The van der Waals surface area contributed by atoms with Crippen molar-refractivity contribution in [3.05, 3.63) is 35.7 Å². The quantitative estimate of drug-likeness (QED) is 0.820. The molecule has 6 nitrogen and oxygen atoms in total. The Labute approximate surface area is 99.4 Å². The van der Waals surface area contributed by atoms with Crippen LogP contribution >= 0.6 is 0 Å². The third-order valence-electron chi connectivity index (χ3n) is 2.39. The minimum absolute atomic E-state index is 0.487. The molecular formula is C11H14N6. The largest absolute Gasteiger partial charge is 0.383 e. The molecule has 2 rings (SSSR count). The molecule has 0 aromatic carbocycles. The molecule has 0 fully saturated rings. The van der Waals surface area contributed by atoms with Gasteiger partial charge < -0.3 is 11.1 Å². The first kappa shape index (κ1) is 11.3. The average molecular weight is 230 g/mol. The fraction of sp³-hybridized carbons (Fsp3) is 0.273. The van der Waals surface area contributed by atoms with Crippen LogP contribution in [0.2, 0.25) is 0 Å². The van der Waals surface area contributed by atoms with Crippen molar-refractivity contribution in [2.45, 2.75) is 20.4 Å². The molecule has 3 N–H and O–H groups in total. The lowest BCUT2D eigenvalue weighted by Gasteiger charge is -2.08. The molecule has 0 aliphatic heterocycles. The van der Waals surface area contributed by atoms with Gasteiger partial charge in [-0.1, -0.05) is 0 Å². The number of nitrogens with two attached hydrogens (primary N) is 1. The number of aromatic nitrogens is 4. The van der Waals surface area contributed by atoms with Crippen LogP contribution in [0, 0.1) is 13.8 Å². The van der Waals surface area contributed by atoms with Gasteiger partial charge in [-0.3, -0.25) is 0 Å². The molecule has 0 radical (unpaired) electrons. The van der Waals surface area contributed by atoms with Gasteiger partial charge in [-0.2, -0.15) is 0 Å². The number of anilines is 2. The van der Waals surface area contributed by atoms with Crippen LogP contribution in [0.1, 0.15) is 17.1 Å². The molecule has 0 saturated heterocycles. The maximum Gasteiger partial charge on any atom is 0.134 e.